The molecular weight excluding hydrogens is 286 g/mol. The quantitative estimate of drug-likeness (QED) is 0.675. The molecule has 0 saturated heterocycles. The maximum atomic E-state index is 5.53. The van der Waals surface area contributed by atoms with Gasteiger partial charge in [-0.1, -0.05) is 30.0 Å². The van der Waals surface area contributed by atoms with Crippen LogP contribution in [0.2, 0.25) is 0 Å². The predicted molar refractivity (Wildman–Crippen MR) is 77.6 cm³/mol. The summed E-state index contributed by atoms with van der Waals surface area (Å²) in [5.41, 5.74) is 1.88. The Morgan fingerprint density at radius 1 is 1.24 bits per heavy atom. The Kier molecular flexibility index (Phi) is 3.19. The van der Waals surface area contributed by atoms with Crippen molar-refractivity contribution in [3.8, 4) is 11.5 Å². The van der Waals surface area contributed by atoms with E-state index in [1.807, 2.05) is 35.0 Å². The van der Waals surface area contributed by atoms with E-state index in [-0.39, 0.29) is 0 Å². The van der Waals surface area contributed by atoms with Gasteiger partial charge in [-0.15, -0.1) is 5.10 Å². The summed E-state index contributed by atoms with van der Waals surface area (Å²) in [7, 11) is 0. The number of hydrogen-bond donors (Lipinski definition) is 0. The molecule has 1 fully saturated rings. The second-order valence-corrected chi connectivity index (χ2v) is 5.88. The molecule has 2 aromatic heterocycles. The van der Waals surface area contributed by atoms with E-state index in [4.69, 9.17) is 4.42 Å². The Labute approximate surface area is 125 Å². The minimum Gasteiger partial charge on any atom is -0.444 e. The fraction of sp³-hybridized carbons (Fsp3) is 0.286. The van der Waals surface area contributed by atoms with E-state index in [1.165, 1.54) is 12.8 Å². The lowest BCUT2D eigenvalue weighted by molar-refractivity contribution is 0.565. The first-order chi connectivity index (χ1) is 10.4. The maximum absolute atomic E-state index is 5.53. The second-order valence-electron chi connectivity index (χ2n) is 4.94. The summed E-state index contributed by atoms with van der Waals surface area (Å²) in [5.74, 6) is 1.34. The lowest BCUT2D eigenvalue weighted by atomic mass is 10.2. The number of tetrazole rings is 1. The minimum atomic E-state index is 0.486. The molecule has 1 aromatic carbocycles. The van der Waals surface area contributed by atoms with Gasteiger partial charge in [-0.05, 0) is 35.4 Å². The first-order valence-corrected chi connectivity index (χ1v) is 7.79. The Bertz CT molecular complexity index is 735. The molecule has 1 aliphatic rings. The zero-order chi connectivity index (χ0) is 14.1. The van der Waals surface area contributed by atoms with Gasteiger partial charge in [0.05, 0.1) is 11.7 Å². The molecule has 0 atom stereocenters. The summed E-state index contributed by atoms with van der Waals surface area (Å²) in [6, 6.07) is 10.4. The van der Waals surface area contributed by atoms with Gasteiger partial charge >= 0.3 is 0 Å². The number of thioether (sulfide) groups is 1. The summed E-state index contributed by atoms with van der Waals surface area (Å²) in [4.78, 5) is 4.50. The highest BCUT2D eigenvalue weighted by molar-refractivity contribution is 7.98. The molecule has 0 radical (unpaired) electrons. The predicted octanol–water partition coefficient (Wildman–Crippen LogP) is 2.96. The van der Waals surface area contributed by atoms with E-state index in [9.17, 15) is 0 Å². The fourth-order valence-corrected chi connectivity index (χ4v) is 2.88. The van der Waals surface area contributed by atoms with Gasteiger partial charge in [0, 0.05) is 11.3 Å². The Morgan fingerprint density at radius 3 is 2.90 bits per heavy atom. The van der Waals surface area contributed by atoms with E-state index < -0.39 is 0 Å². The van der Waals surface area contributed by atoms with Crippen molar-refractivity contribution in [2.45, 2.75) is 29.8 Å². The second kappa shape index (κ2) is 5.33. The Morgan fingerprint density at radius 2 is 2.10 bits per heavy atom. The molecule has 0 amide bonds. The average Bonchev–Trinajstić information content (AvgIpc) is 3.09. The van der Waals surface area contributed by atoms with Gasteiger partial charge in [-0.3, -0.25) is 0 Å². The number of nitrogens with zero attached hydrogens (tertiary/aromatic N) is 5. The minimum absolute atomic E-state index is 0.486. The van der Waals surface area contributed by atoms with Crippen molar-refractivity contribution in [2.24, 2.45) is 0 Å². The first kappa shape index (κ1) is 12.6. The van der Waals surface area contributed by atoms with Crippen LogP contribution in [0.4, 0.5) is 0 Å². The topological polar surface area (TPSA) is 69.6 Å². The molecule has 7 heteroatoms. The van der Waals surface area contributed by atoms with Gasteiger partial charge in [-0.25, -0.2) is 9.67 Å². The van der Waals surface area contributed by atoms with Crippen molar-refractivity contribution in [2.75, 3.05) is 0 Å². The van der Waals surface area contributed by atoms with E-state index in [2.05, 4.69) is 20.5 Å². The highest BCUT2D eigenvalue weighted by atomic mass is 32.2. The number of benzene rings is 1. The van der Waals surface area contributed by atoms with Gasteiger partial charge in [0.15, 0.2) is 0 Å². The highest BCUT2D eigenvalue weighted by Gasteiger charge is 2.27. The number of hydrogen-bond acceptors (Lipinski definition) is 6. The van der Waals surface area contributed by atoms with Gasteiger partial charge in [0.2, 0.25) is 11.0 Å². The molecule has 4 rings (SSSR count). The zero-order valence-corrected chi connectivity index (χ0v) is 12.0. The molecule has 106 valence electrons. The third-order valence-electron chi connectivity index (χ3n) is 3.28. The first-order valence-electron chi connectivity index (χ1n) is 6.80. The van der Waals surface area contributed by atoms with Crippen molar-refractivity contribution >= 4 is 11.8 Å². The summed E-state index contributed by atoms with van der Waals surface area (Å²) in [6.45, 7) is 0. The Balaban J connectivity index is 1.46. The molecule has 3 aromatic rings. The van der Waals surface area contributed by atoms with Crippen molar-refractivity contribution in [1.82, 2.24) is 25.2 Å². The molecule has 0 bridgehead atoms. The summed E-state index contributed by atoms with van der Waals surface area (Å²) < 4.78 is 7.43. The third kappa shape index (κ3) is 2.69. The van der Waals surface area contributed by atoms with Crippen molar-refractivity contribution in [3.63, 3.8) is 0 Å². The lowest BCUT2D eigenvalue weighted by Gasteiger charge is -1.99. The molecule has 0 spiro atoms. The molecule has 0 unspecified atom stereocenters. The van der Waals surface area contributed by atoms with Gasteiger partial charge in [-0.2, -0.15) is 0 Å². The molecule has 2 heterocycles. The van der Waals surface area contributed by atoms with Crippen molar-refractivity contribution < 1.29 is 4.42 Å². The van der Waals surface area contributed by atoms with Gasteiger partial charge < -0.3 is 4.42 Å². The molecule has 0 N–H and O–H groups in total. The highest BCUT2D eigenvalue weighted by Crippen LogP contribution is 2.36. The molecule has 1 saturated carbocycles. The van der Waals surface area contributed by atoms with Crippen LogP contribution >= 0.6 is 11.8 Å². The van der Waals surface area contributed by atoms with E-state index in [1.54, 1.807) is 18.0 Å². The largest absolute Gasteiger partial charge is 0.444 e. The van der Waals surface area contributed by atoms with Crippen LogP contribution in [-0.2, 0) is 5.75 Å². The molecule has 21 heavy (non-hydrogen) atoms. The van der Waals surface area contributed by atoms with Crippen LogP contribution < -0.4 is 0 Å². The van der Waals surface area contributed by atoms with Crippen LogP contribution in [0.25, 0.3) is 11.5 Å². The number of aromatic nitrogens is 5. The molecular formula is C14H13N5OS. The number of rotatable bonds is 5. The lowest BCUT2D eigenvalue weighted by Crippen LogP contribution is -1.98. The summed E-state index contributed by atoms with van der Waals surface area (Å²) >= 11 is 1.59. The van der Waals surface area contributed by atoms with E-state index in [0.29, 0.717) is 17.7 Å². The van der Waals surface area contributed by atoms with Crippen LogP contribution in [-0.4, -0.2) is 25.2 Å². The Hall–Kier alpha value is -2.15. The van der Waals surface area contributed by atoms with Crippen LogP contribution in [0.3, 0.4) is 0 Å². The monoisotopic (exact) mass is 299 g/mol. The van der Waals surface area contributed by atoms with Gasteiger partial charge in [0.25, 0.3) is 0 Å². The SMILES string of the molecule is c1ccc(-c2nc(CSc3nnnn3C3CC3)co2)cc1. The van der Waals surface area contributed by atoms with E-state index >= 15 is 0 Å². The van der Waals surface area contributed by atoms with Crippen LogP contribution in [0.5, 0.6) is 0 Å². The van der Waals surface area contributed by atoms with Crippen molar-refractivity contribution in [3.05, 3.63) is 42.3 Å². The standard InChI is InChI=1S/C14H13N5OS/c1-2-4-10(5-3-1)13-15-11(8-20-13)9-21-14-16-17-18-19(14)12-6-7-12/h1-5,8,12H,6-7,9H2. The zero-order valence-electron chi connectivity index (χ0n) is 11.2. The normalized spacial score (nSPS) is 14.5. The molecule has 0 aliphatic heterocycles. The molecule has 1 aliphatic carbocycles. The number of oxazole rings is 1. The van der Waals surface area contributed by atoms with Crippen LogP contribution in [0, 0.1) is 0 Å². The van der Waals surface area contributed by atoms with Crippen molar-refractivity contribution in [1.29, 1.82) is 0 Å². The summed E-state index contributed by atoms with van der Waals surface area (Å²) in [5, 5.41) is 12.7. The average molecular weight is 299 g/mol. The van der Waals surface area contributed by atoms with Gasteiger partial charge in [0.1, 0.15) is 6.26 Å². The molecule has 6 nitrogen and oxygen atoms in total. The fourth-order valence-electron chi connectivity index (χ4n) is 2.05. The maximum Gasteiger partial charge on any atom is 0.226 e. The smallest absolute Gasteiger partial charge is 0.226 e. The summed E-state index contributed by atoms with van der Waals surface area (Å²) in [6.07, 6.45) is 4.03. The van der Waals surface area contributed by atoms with Crippen LogP contribution in [0.1, 0.15) is 24.6 Å². The van der Waals surface area contributed by atoms with Crippen LogP contribution in [0.15, 0.2) is 46.2 Å². The third-order valence-corrected chi connectivity index (χ3v) is 4.24. The van der Waals surface area contributed by atoms with E-state index in [0.717, 1.165) is 16.4 Å².